The maximum atomic E-state index is 12.2. The van der Waals surface area contributed by atoms with Crippen LogP contribution in [-0.4, -0.2) is 28.6 Å². The van der Waals surface area contributed by atoms with Gasteiger partial charge in [-0.05, 0) is 48.5 Å². The monoisotopic (exact) mass is 808 g/mol. The quantitative estimate of drug-likeness (QED) is 0.102. The van der Waals surface area contributed by atoms with Crippen LogP contribution in [0.3, 0.4) is 0 Å². The molecule has 0 fully saturated rings. The van der Waals surface area contributed by atoms with Crippen molar-refractivity contribution < 1.29 is 65.1 Å². The van der Waals surface area contributed by atoms with Crippen LogP contribution in [0.2, 0.25) is 0 Å². The fraction of sp³-hybridized carbons (Fsp3) is 0.0625. The summed E-state index contributed by atoms with van der Waals surface area (Å²) in [4.78, 5) is 23.7. The van der Waals surface area contributed by atoms with Crippen LogP contribution >= 0.6 is 0 Å². The van der Waals surface area contributed by atoms with Crippen molar-refractivity contribution in [3.8, 4) is 11.5 Å². The zero-order chi connectivity index (χ0) is 38.6. The van der Waals surface area contributed by atoms with Gasteiger partial charge in [-0.1, -0.05) is 73.9 Å². The second kappa shape index (κ2) is 19.0. The molecular formula is C32H29CoN8O10S2. The molecule has 0 aliphatic rings. The van der Waals surface area contributed by atoms with Crippen molar-refractivity contribution in [1.82, 2.24) is 0 Å². The summed E-state index contributed by atoms with van der Waals surface area (Å²) in [7, 11) is -8.10. The van der Waals surface area contributed by atoms with Crippen LogP contribution in [0.4, 0.5) is 22.7 Å². The van der Waals surface area contributed by atoms with E-state index < -0.39 is 66.3 Å². The number of allylic oxidation sites excluding steroid dienone is 2. The molecule has 0 saturated carbocycles. The number of azo groups is 2. The predicted molar refractivity (Wildman–Crippen MR) is 180 cm³/mol. The minimum Gasteiger partial charge on any atom is -0.874 e. The summed E-state index contributed by atoms with van der Waals surface area (Å²) >= 11 is 0. The predicted octanol–water partition coefficient (Wildman–Crippen LogP) is 1.55. The van der Waals surface area contributed by atoms with Crippen molar-refractivity contribution in [3.63, 3.8) is 0 Å². The van der Waals surface area contributed by atoms with E-state index in [1.54, 1.807) is 60.7 Å². The molecule has 0 radical (unpaired) electrons. The van der Waals surface area contributed by atoms with E-state index in [9.17, 15) is 46.9 Å². The number of carbonyl (C=O) groups is 2. The van der Waals surface area contributed by atoms with Gasteiger partial charge in [-0.2, -0.15) is 10.2 Å². The third kappa shape index (κ3) is 13.3. The van der Waals surface area contributed by atoms with Gasteiger partial charge in [0.25, 0.3) is 11.8 Å². The molecule has 21 heteroatoms. The van der Waals surface area contributed by atoms with E-state index in [-0.39, 0.29) is 39.4 Å². The van der Waals surface area contributed by atoms with Gasteiger partial charge in [0.2, 0.25) is 20.0 Å². The molecule has 0 unspecified atom stereocenters. The number of rotatable bonds is 10. The Morgan fingerprint density at radius 1 is 0.604 bits per heavy atom. The summed E-state index contributed by atoms with van der Waals surface area (Å²) in [5.41, 5.74) is -0.964. The number of hydrogen-bond acceptors (Lipinski definition) is 14. The number of benzene rings is 4. The fourth-order valence-electron chi connectivity index (χ4n) is 3.69. The molecule has 18 nitrogen and oxygen atoms in total. The van der Waals surface area contributed by atoms with Crippen molar-refractivity contribution in [2.75, 3.05) is 10.6 Å². The van der Waals surface area contributed by atoms with Crippen LogP contribution < -0.4 is 41.3 Å². The molecule has 4 aromatic carbocycles. The first-order valence-electron chi connectivity index (χ1n) is 14.4. The van der Waals surface area contributed by atoms with E-state index in [0.29, 0.717) is 11.4 Å². The van der Waals surface area contributed by atoms with E-state index in [0.717, 1.165) is 50.2 Å². The number of anilines is 2. The van der Waals surface area contributed by atoms with Gasteiger partial charge >= 0.3 is 18.2 Å². The number of nitrogens with two attached hydrogens (primary N) is 2. The molecule has 4 rings (SSSR count). The van der Waals surface area contributed by atoms with Gasteiger partial charge in [0.1, 0.15) is 11.4 Å². The topological polar surface area (TPSA) is 320 Å². The van der Waals surface area contributed by atoms with Crippen LogP contribution in [0.5, 0.6) is 11.5 Å². The fourth-order valence-corrected chi connectivity index (χ4v) is 4.75. The maximum absolute atomic E-state index is 12.2. The molecule has 0 aliphatic carbocycles. The summed E-state index contributed by atoms with van der Waals surface area (Å²) in [6.45, 7) is 2.22. The molecule has 4 aromatic rings. The number of amides is 2. The Kier molecular flexibility index (Phi) is 15.5. The van der Waals surface area contributed by atoms with Crippen LogP contribution in [0.15, 0.2) is 150 Å². The van der Waals surface area contributed by atoms with Crippen LogP contribution in [0, 0.1) is 0 Å². The average molecular weight is 809 g/mol. The maximum Gasteiger partial charge on any atom is 3.00 e. The van der Waals surface area contributed by atoms with Gasteiger partial charge in [0, 0.05) is 11.4 Å². The summed E-state index contributed by atoms with van der Waals surface area (Å²) in [6, 6.07) is 22.5. The third-order valence-electron chi connectivity index (χ3n) is 6.19. The van der Waals surface area contributed by atoms with Crippen LogP contribution in [-0.2, 0) is 46.4 Å². The molecule has 0 aromatic heterocycles. The molecule has 2 amide bonds. The Bertz CT molecular complexity index is 2140. The summed E-state index contributed by atoms with van der Waals surface area (Å²) in [5, 5.41) is 75.9. The van der Waals surface area contributed by atoms with E-state index in [2.05, 4.69) is 31.1 Å². The number of nitrogens with one attached hydrogen (secondary N) is 2. The van der Waals surface area contributed by atoms with E-state index >= 15 is 0 Å². The van der Waals surface area contributed by atoms with Gasteiger partial charge in [-0.25, -0.2) is 27.1 Å². The number of nitrogens with zero attached hydrogens (tertiary/aromatic N) is 4. The molecule has 0 bridgehead atoms. The SMILES string of the molecule is C/C([O-])=C(/N=Nc1cc(S(N)(=O)=O)ccc1[O-])C(=O)Nc1ccccc1.C/C([O-])=C(\N=Nc1cc(S(N)(=O)=O)ccc1[O-])C(=O)Nc1ccccc1.[Co+3].[H+]. The largest absolute Gasteiger partial charge is 3.00 e. The van der Waals surface area contributed by atoms with Crippen LogP contribution in [0.25, 0.3) is 0 Å². The molecule has 278 valence electrons. The number of carbonyl (C=O) groups excluding carboxylic acids is 2. The first-order chi connectivity index (χ1) is 24.4. The van der Waals surface area contributed by atoms with E-state index in [1.165, 1.54) is 0 Å². The molecule has 6 N–H and O–H groups in total. The first kappa shape index (κ1) is 43.2. The first-order valence-corrected chi connectivity index (χ1v) is 17.5. The number of para-hydroxylation sites is 2. The second-order valence-electron chi connectivity index (χ2n) is 10.2. The van der Waals surface area contributed by atoms with E-state index in [1.807, 2.05) is 0 Å². The third-order valence-corrected chi connectivity index (χ3v) is 8.02. The Hall–Kier alpha value is -5.97. The Labute approximate surface area is 315 Å². The van der Waals surface area contributed by atoms with Crippen molar-refractivity contribution in [1.29, 1.82) is 0 Å². The average Bonchev–Trinajstić information content (AvgIpc) is 3.06. The van der Waals surface area contributed by atoms with Gasteiger partial charge in [0.05, 0.1) is 21.2 Å². The smallest absolute Gasteiger partial charge is 0.874 e. The van der Waals surface area contributed by atoms with Gasteiger partial charge in [-0.15, -0.1) is 21.7 Å². The summed E-state index contributed by atoms with van der Waals surface area (Å²) in [6.07, 6.45) is 0. The standard InChI is InChI=1S/2C16H16N4O5S.Co/c2*1-10(21)15(16(23)18-11-5-3-2-4-6-11)20-19-13-9-12(26(17,24)25)7-8-14(13)22;/h2*2-9,21-22H,1H3,(H,18,23)(H2,17,24,25);/q;;+3/p-3/b15-10+,20-19?;15-10-,20-19?;. The number of sulfonamides is 2. The molecule has 0 atom stereocenters. The molecule has 53 heavy (non-hydrogen) atoms. The molecular weight excluding hydrogens is 779 g/mol. The van der Waals surface area contributed by atoms with Crippen molar-refractivity contribution in [2.45, 2.75) is 23.6 Å². The Balaban J connectivity index is 0.000000521. The molecule has 0 heterocycles. The minimum atomic E-state index is -4.05. The van der Waals surface area contributed by atoms with Crippen molar-refractivity contribution >= 4 is 54.6 Å². The minimum absolute atomic E-state index is 0. The second-order valence-corrected chi connectivity index (χ2v) is 13.3. The number of primary sulfonamides is 2. The Morgan fingerprint density at radius 3 is 1.21 bits per heavy atom. The summed E-state index contributed by atoms with van der Waals surface area (Å²) < 4.78 is 45.3. The van der Waals surface area contributed by atoms with Crippen LogP contribution in [0.1, 0.15) is 15.3 Å². The normalized spacial score (nSPS) is 12.5. The Morgan fingerprint density at radius 2 is 0.925 bits per heavy atom. The molecule has 0 saturated heterocycles. The van der Waals surface area contributed by atoms with Crippen molar-refractivity contribution in [2.24, 2.45) is 30.7 Å². The van der Waals surface area contributed by atoms with Gasteiger partial charge < -0.3 is 31.1 Å². The van der Waals surface area contributed by atoms with Crippen molar-refractivity contribution in [3.05, 3.63) is 120 Å². The zero-order valence-corrected chi connectivity index (χ0v) is 30.1. The zero-order valence-electron chi connectivity index (χ0n) is 28.4. The number of hydrogen-bond donors (Lipinski definition) is 4. The van der Waals surface area contributed by atoms with Gasteiger partial charge in [-0.3, -0.25) is 9.59 Å². The van der Waals surface area contributed by atoms with Gasteiger partial charge in [0.15, 0.2) is 0 Å². The summed E-state index contributed by atoms with van der Waals surface area (Å²) in [5.74, 6) is -4.29. The molecule has 0 aliphatic heterocycles. The molecule has 0 spiro atoms. The van der Waals surface area contributed by atoms with E-state index in [4.69, 9.17) is 10.3 Å².